The summed E-state index contributed by atoms with van der Waals surface area (Å²) in [6, 6.07) is 0. The predicted molar refractivity (Wildman–Crippen MR) is 50.8 cm³/mol. The Morgan fingerprint density at radius 1 is 1.67 bits per heavy atom. The van der Waals surface area contributed by atoms with Crippen molar-refractivity contribution >= 4 is 33.7 Å². The number of halogens is 4. The lowest BCUT2D eigenvalue weighted by molar-refractivity contribution is -0.141. The molecule has 8 heteroatoms. The summed E-state index contributed by atoms with van der Waals surface area (Å²) in [5, 5.41) is 0. The molecule has 0 bridgehead atoms. The fourth-order valence-corrected chi connectivity index (χ4v) is 2.35. The maximum absolute atomic E-state index is 12.4. The zero-order chi connectivity index (χ0) is 11.5. The average Bonchev–Trinajstić information content (AvgIpc) is 2.61. The van der Waals surface area contributed by atoms with Crippen molar-refractivity contribution in [2.24, 2.45) is 0 Å². The van der Waals surface area contributed by atoms with Crippen LogP contribution in [0.4, 0.5) is 13.2 Å². The van der Waals surface area contributed by atoms with Gasteiger partial charge in [-0.3, -0.25) is 4.79 Å². The lowest BCUT2D eigenvalue weighted by atomic mass is 10.3. The van der Waals surface area contributed by atoms with E-state index in [-0.39, 0.29) is 18.0 Å². The third-order valence-corrected chi connectivity index (χ3v) is 3.43. The average molecular weight is 304 g/mol. The van der Waals surface area contributed by atoms with Crippen LogP contribution in [0.3, 0.4) is 0 Å². The summed E-state index contributed by atoms with van der Waals surface area (Å²) in [6.07, 6.45) is -4.48. The molecule has 0 aliphatic heterocycles. The monoisotopic (exact) mass is 303 g/mol. The Morgan fingerprint density at radius 2 is 2.33 bits per heavy atom. The van der Waals surface area contributed by atoms with Crippen LogP contribution in [-0.2, 0) is 15.7 Å². The number of alkyl halides is 4. The van der Waals surface area contributed by atoms with Crippen LogP contribution in [0.5, 0.6) is 0 Å². The topological polar surface area (TPSA) is 39.2 Å². The predicted octanol–water partition coefficient (Wildman–Crippen LogP) is 2.77. The fourth-order valence-electron chi connectivity index (χ4n) is 0.890. The van der Waals surface area contributed by atoms with E-state index >= 15 is 0 Å². The second kappa shape index (κ2) is 4.93. The first-order valence-corrected chi connectivity index (χ1v) is 5.46. The number of hydrogen-bond donors (Lipinski definition) is 0. The van der Waals surface area contributed by atoms with Crippen LogP contribution in [-0.4, -0.2) is 18.1 Å². The van der Waals surface area contributed by atoms with E-state index in [9.17, 15) is 18.0 Å². The Balaban J connectivity index is 2.85. The first kappa shape index (κ1) is 12.4. The maximum atomic E-state index is 12.4. The van der Waals surface area contributed by atoms with Gasteiger partial charge in [0.1, 0.15) is 6.61 Å². The summed E-state index contributed by atoms with van der Waals surface area (Å²) in [5.74, 6) is 0. The van der Waals surface area contributed by atoms with E-state index in [0.717, 1.165) is 16.8 Å². The zero-order valence-electron chi connectivity index (χ0n) is 7.12. The minimum Gasteiger partial charge on any atom is -0.466 e. The number of ether oxygens (including phenoxy) is 1. The highest BCUT2D eigenvalue weighted by molar-refractivity contribution is 9.09. The van der Waals surface area contributed by atoms with Crippen LogP contribution >= 0.6 is 27.3 Å². The molecule has 1 atom stereocenters. The Labute approximate surface area is 95.4 Å². The first-order chi connectivity index (χ1) is 6.96. The van der Waals surface area contributed by atoms with Crippen LogP contribution in [0.15, 0.2) is 5.51 Å². The third kappa shape index (κ3) is 3.16. The van der Waals surface area contributed by atoms with Gasteiger partial charge in [-0.15, -0.1) is 11.3 Å². The van der Waals surface area contributed by atoms with E-state index in [0.29, 0.717) is 0 Å². The highest BCUT2D eigenvalue weighted by atomic mass is 79.9. The minimum atomic E-state index is -4.48. The molecule has 1 aromatic rings. The molecule has 0 amide bonds. The van der Waals surface area contributed by atoms with Crippen LogP contribution in [0, 0.1) is 0 Å². The molecule has 1 heterocycles. The van der Waals surface area contributed by atoms with Gasteiger partial charge >= 0.3 is 6.18 Å². The van der Waals surface area contributed by atoms with Crippen molar-refractivity contribution in [1.82, 2.24) is 4.98 Å². The van der Waals surface area contributed by atoms with Crippen molar-refractivity contribution in [3.8, 4) is 0 Å². The largest absolute Gasteiger partial charge is 0.466 e. The maximum Gasteiger partial charge on any atom is 0.434 e. The number of nitrogens with zero attached hydrogens (tertiary/aromatic N) is 1. The van der Waals surface area contributed by atoms with Gasteiger partial charge in [0.2, 0.25) is 0 Å². The summed E-state index contributed by atoms with van der Waals surface area (Å²) in [5.41, 5.74) is 0.164. The van der Waals surface area contributed by atoms with E-state index in [1.807, 2.05) is 0 Å². The van der Waals surface area contributed by atoms with Crippen molar-refractivity contribution < 1.29 is 22.7 Å². The van der Waals surface area contributed by atoms with Crippen LogP contribution in [0.1, 0.15) is 15.4 Å². The van der Waals surface area contributed by atoms with Gasteiger partial charge in [0, 0.05) is 0 Å². The highest BCUT2D eigenvalue weighted by Gasteiger charge is 2.37. The standard InChI is InChI=1S/C7H5BrF3NO2S/c8-4(1-14-3-13)5-6(7(9,10)11)12-2-15-5/h2-4H,1H2. The summed E-state index contributed by atoms with van der Waals surface area (Å²) in [4.78, 5) is 12.4. The molecule has 0 saturated carbocycles. The molecule has 1 unspecified atom stereocenters. The van der Waals surface area contributed by atoms with E-state index in [1.165, 1.54) is 0 Å². The molecule has 0 aliphatic rings. The lowest BCUT2D eigenvalue weighted by Gasteiger charge is -2.10. The molecule has 0 aliphatic carbocycles. The van der Waals surface area contributed by atoms with Gasteiger partial charge in [0.15, 0.2) is 5.69 Å². The molecule has 1 aromatic heterocycles. The molecule has 3 nitrogen and oxygen atoms in total. The summed E-state index contributed by atoms with van der Waals surface area (Å²) in [7, 11) is 0. The van der Waals surface area contributed by atoms with Gasteiger partial charge in [-0.2, -0.15) is 13.2 Å². The third-order valence-electron chi connectivity index (χ3n) is 1.46. The Kier molecular flexibility index (Phi) is 4.09. The SMILES string of the molecule is O=COCC(Br)c1scnc1C(F)(F)F. The van der Waals surface area contributed by atoms with Crippen molar-refractivity contribution in [3.63, 3.8) is 0 Å². The van der Waals surface area contributed by atoms with Crippen LogP contribution < -0.4 is 0 Å². The molecule has 0 aromatic carbocycles. The van der Waals surface area contributed by atoms with Crippen molar-refractivity contribution in [3.05, 3.63) is 16.1 Å². The van der Waals surface area contributed by atoms with Gasteiger partial charge in [-0.05, 0) is 0 Å². The second-order valence-electron chi connectivity index (χ2n) is 2.46. The van der Waals surface area contributed by atoms with E-state index in [1.54, 1.807) is 0 Å². The first-order valence-electron chi connectivity index (χ1n) is 3.66. The highest BCUT2D eigenvalue weighted by Crippen LogP contribution is 2.38. The minimum absolute atomic E-state index is 0.00403. The Bertz CT molecular complexity index is 341. The Hall–Kier alpha value is -0.630. The van der Waals surface area contributed by atoms with Gasteiger partial charge in [-0.25, -0.2) is 4.98 Å². The molecular formula is C7H5BrF3NO2S. The van der Waals surface area contributed by atoms with Gasteiger partial charge in [0.25, 0.3) is 6.47 Å². The quantitative estimate of drug-likeness (QED) is 0.634. The molecule has 0 radical (unpaired) electrons. The Morgan fingerprint density at radius 3 is 2.87 bits per heavy atom. The molecule has 1 rings (SSSR count). The molecular weight excluding hydrogens is 299 g/mol. The molecule has 0 saturated heterocycles. The van der Waals surface area contributed by atoms with E-state index in [4.69, 9.17) is 0 Å². The molecule has 0 N–H and O–H groups in total. The number of thiazole rings is 1. The smallest absolute Gasteiger partial charge is 0.434 e. The van der Waals surface area contributed by atoms with Crippen LogP contribution in [0.2, 0.25) is 0 Å². The van der Waals surface area contributed by atoms with Gasteiger partial charge < -0.3 is 4.74 Å². The van der Waals surface area contributed by atoms with Gasteiger partial charge in [0.05, 0.1) is 15.2 Å². The number of rotatable bonds is 4. The van der Waals surface area contributed by atoms with E-state index in [2.05, 4.69) is 25.7 Å². The molecule has 84 valence electrons. The second-order valence-corrected chi connectivity index (χ2v) is 4.45. The molecule has 0 spiro atoms. The van der Waals surface area contributed by atoms with Crippen molar-refractivity contribution in [2.75, 3.05) is 6.61 Å². The lowest BCUT2D eigenvalue weighted by Crippen LogP contribution is -2.11. The number of aromatic nitrogens is 1. The fraction of sp³-hybridized carbons (Fsp3) is 0.429. The van der Waals surface area contributed by atoms with E-state index < -0.39 is 16.7 Å². The summed E-state index contributed by atoms with van der Waals surface area (Å²) < 4.78 is 41.5. The number of hydrogen-bond acceptors (Lipinski definition) is 4. The van der Waals surface area contributed by atoms with Gasteiger partial charge in [-0.1, -0.05) is 15.9 Å². The molecule has 15 heavy (non-hydrogen) atoms. The van der Waals surface area contributed by atoms with Crippen LogP contribution in [0.25, 0.3) is 0 Å². The number of carbonyl (C=O) groups excluding carboxylic acids is 1. The molecule has 0 fully saturated rings. The van der Waals surface area contributed by atoms with Crippen molar-refractivity contribution in [2.45, 2.75) is 11.0 Å². The summed E-state index contributed by atoms with van der Waals surface area (Å²) >= 11 is 3.86. The number of carbonyl (C=O) groups is 1. The zero-order valence-corrected chi connectivity index (χ0v) is 9.53. The van der Waals surface area contributed by atoms with Crippen molar-refractivity contribution in [1.29, 1.82) is 0 Å². The normalized spacial score (nSPS) is 13.6. The summed E-state index contributed by atoms with van der Waals surface area (Å²) in [6.45, 7) is 0.0251.